The maximum Gasteiger partial charge on any atom is 0.412 e. The van der Waals surface area contributed by atoms with Crippen molar-refractivity contribution in [2.45, 2.75) is 70.5 Å². The van der Waals surface area contributed by atoms with Crippen LogP contribution in [0, 0.1) is 0 Å². The molecule has 0 spiro atoms. The third-order valence-corrected chi connectivity index (χ3v) is 6.15. The third kappa shape index (κ3) is 4.78. The summed E-state index contributed by atoms with van der Waals surface area (Å²) in [5.74, 6) is -0.580. The first-order valence-electron chi connectivity index (χ1n) is 11.2. The fourth-order valence-electron chi connectivity index (χ4n) is 4.68. The highest BCUT2D eigenvalue weighted by atomic mass is 16.6. The molecule has 1 N–H and O–H groups in total. The number of carbonyl (C=O) groups excluding carboxylic acids is 2. The molecule has 1 saturated heterocycles. The predicted octanol–water partition coefficient (Wildman–Crippen LogP) is 3.34. The zero-order valence-electron chi connectivity index (χ0n) is 17.7. The van der Waals surface area contributed by atoms with Crippen LogP contribution in [0.1, 0.15) is 54.9 Å². The van der Waals surface area contributed by atoms with Crippen LogP contribution in [0.15, 0.2) is 6.07 Å². The third-order valence-electron chi connectivity index (χ3n) is 6.15. The van der Waals surface area contributed by atoms with Gasteiger partial charge in [0.2, 0.25) is 6.10 Å². The van der Waals surface area contributed by atoms with Crippen LogP contribution in [0.25, 0.3) is 0 Å². The molecule has 4 rings (SSSR count). The number of rotatable bonds is 7. The average molecular weight is 418 g/mol. The van der Waals surface area contributed by atoms with E-state index >= 15 is 0 Å². The van der Waals surface area contributed by atoms with E-state index in [4.69, 9.17) is 18.9 Å². The van der Waals surface area contributed by atoms with E-state index in [1.165, 1.54) is 22.3 Å². The van der Waals surface area contributed by atoms with E-state index in [9.17, 15) is 9.59 Å². The summed E-state index contributed by atoms with van der Waals surface area (Å²) < 4.78 is 21.7. The minimum atomic E-state index is -1.09. The van der Waals surface area contributed by atoms with Gasteiger partial charge in [-0.2, -0.15) is 0 Å². The Hall–Kier alpha value is -2.12. The van der Waals surface area contributed by atoms with Gasteiger partial charge >= 0.3 is 12.1 Å². The lowest BCUT2D eigenvalue weighted by molar-refractivity contribution is -0.158. The van der Waals surface area contributed by atoms with Gasteiger partial charge in [0.05, 0.1) is 25.0 Å². The van der Waals surface area contributed by atoms with Gasteiger partial charge in [0, 0.05) is 13.2 Å². The van der Waals surface area contributed by atoms with Crippen LogP contribution in [0.4, 0.5) is 10.5 Å². The molecule has 1 fully saturated rings. The van der Waals surface area contributed by atoms with E-state index in [1.807, 2.05) is 0 Å². The number of carbonyl (C=O) groups is 2. The first-order valence-corrected chi connectivity index (χ1v) is 11.2. The number of esters is 1. The lowest BCUT2D eigenvalue weighted by atomic mass is 9.99. The summed E-state index contributed by atoms with van der Waals surface area (Å²) in [6, 6.07) is 2.31. The molecule has 1 aliphatic heterocycles. The highest BCUT2D eigenvalue weighted by Crippen LogP contribution is 2.38. The first kappa shape index (κ1) is 21.1. The molecule has 1 atom stereocenters. The Morgan fingerprint density at radius 1 is 1.10 bits per heavy atom. The molecular weight excluding hydrogens is 386 g/mol. The van der Waals surface area contributed by atoms with Crippen molar-refractivity contribution in [2.24, 2.45) is 0 Å². The summed E-state index contributed by atoms with van der Waals surface area (Å²) in [6.07, 6.45) is 6.07. The molecule has 0 bridgehead atoms. The molecule has 0 aromatic heterocycles. The first-order chi connectivity index (χ1) is 14.7. The average Bonchev–Trinajstić information content (AvgIpc) is 3.41. The van der Waals surface area contributed by atoms with Gasteiger partial charge in [-0.1, -0.05) is 6.07 Å². The Kier molecular flexibility index (Phi) is 6.89. The van der Waals surface area contributed by atoms with Crippen LogP contribution in [-0.4, -0.2) is 50.7 Å². The second kappa shape index (κ2) is 9.79. The van der Waals surface area contributed by atoms with Gasteiger partial charge in [0.25, 0.3) is 0 Å². The Bertz CT molecular complexity index is 754. The van der Waals surface area contributed by atoms with Crippen LogP contribution >= 0.6 is 0 Å². The highest BCUT2D eigenvalue weighted by molar-refractivity contribution is 5.90. The number of nitrogens with one attached hydrogen (secondary N) is 1. The van der Waals surface area contributed by atoms with Gasteiger partial charge in [0.1, 0.15) is 0 Å². The number of hydrogen-bond acceptors (Lipinski definition) is 6. The number of ether oxygens (including phenoxy) is 4. The Morgan fingerprint density at radius 2 is 1.77 bits per heavy atom. The molecule has 164 valence electrons. The van der Waals surface area contributed by atoms with Crippen molar-refractivity contribution in [3.8, 4) is 0 Å². The van der Waals surface area contributed by atoms with Crippen molar-refractivity contribution in [1.29, 1.82) is 0 Å². The van der Waals surface area contributed by atoms with E-state index in [0.717, 1.165) is 57.1 Å². The van der Waals surface area contributed by atoms with E-state index in [-0.39, 0.29) is 19.3 Å². The molecule has 30 heavy (non-hydrogen) atoms. The minimum Gasteiger partial charge on any atom is -0.463 e. The van der Waals surface area contributed by atoms with Crippen molar-refractivity contribution in [3.05, 3.63) is 28.3 Å². The standard InChI is InChI=1S/C23H31NO6/c1-2-28-22(25)20(14-29-17-9-11-27-12-10-17)30-23(26)24-21-18-7-3-5-15(18)13-16-6-4-8-19(16)21/h13,17,20H,2-12,14H2,1H3,(H,24,26)/t20-/m1/s1. The fourth-order valence-corrected chi connectivity index (χ4v) is 4.68. The lowest BCUT2D eigenvalue weighted by Gasteiger charge is -2.25. The van der Waals surface area contributed by atoms with Gasteiger partial charge in [-0.25, -0.2) is 9.59 Å². The van der Waals surface area contributed by atoms with Gasteiger partial charge in [-0.15, -0.1) is 0 Å². The molecule has 0 radical (unpaired) electrons. The van der Waals surface area contributed by atoms with Crippen LogP contribution in [0.2, 0.25) is 0 Å². The van der Waals surface area contributed by atoms with Gasteiger partial charge in [-0.3, -0.25) is 5.32 Å². The molecule has 1 amide bonds. The molecule has 7 heteroatoms. The number of hydrogen-bond donors (Lipinski definition) is 1. The molecule has 0 saturated carbocycles. The van der Waals surface area contributed by atoms with Crippen molar-refractivity contribution in [2.75, 3.05) is 31.7 Å². The van der Waals surface area contributed by atoms with E-state index in [1.54, 1.807) is 6.92 Å². The van der Waals surface area contributed by atoms with E-state index in [2.05, 4.69) is 11.4 Å². The summed E-state index contributed by atoms with van der Waals surface area (Å²) in [5.41, 5.74) is 6.00. The number of aryl methyl sites for hydroxylation is 2. The van der Waals surface area contributed by atoms with Crippen LogP contribution < -0.4 is 5.32 Å². The maximum absolute atomic E-state index is 12.8. The zero-order chi connectivity index (χ0) is 20.9. The molecule has 1 aromatic rings. The maximum atomic E-state index is 12.8. The minimum absolute atomic E-state index is 0.00278. The number of benzene rings is 1. The smallest absolute Gasteiger partial charge is 0.412 e. The second-order valence-corrected chi connectivity index (χ2v) is 8.15. The topological polar surface area (TPSA) is 83.1 Å². The van der Waals surface area contributed by atoms with Crippen molar-refractivity contribution < 1.29 is 28.5 Å². The number of amides is 1. The molecule has 2 aliphatic carbocycles. The fraction of sp³-hybridized carbons (Fsp3) is 0.652. The summed E-state index contributed by atoms with van der Waals surface area (Å²) >= 11 is 0. The van der Waals surface area contributed by atoms with Crippen molar-refractivity contribution in [1.82, 2.24) is 0 Å². The Morgan fingerprint density at radius 3 is 2.40 bits per heavy atom. The molecule has 3 aliphatic rings. The highest BCUT2D eigenvalue weighted by Gasteiger charge is 2.29. The predicted molar refractivity (Wildman–Crippen MR) is 111 cm³/mol. The van der Waals surface area contributed by atoms with Gasteiger partial charge < -0.3 is 18.9 Å². The molecule has 1 heterocycles. The molecule has 0 unspecified atom stereocenters. The van der Waals surface area contributed by atoms with E-state index in [0.29, 0.717) is 13.2 Å². The second-order valence-electron chi connectivity index (χ2n) is 8.15. The van der Waals surface area contributed by atoms with Crippen molar-refractivity contribution in [3.63, 3.8) is 0 Å². The Labute approximate surface area is 177 Å². The summed E-state index contributed by atoms with van der Waals surface area (Å²) in [5, 5.41) is 2.96. The van der Waals surface area contributed by atoms with Gasteiger partial charge in [0.15, 0.2) is 0 Å². The molecular formula is C23H31NO6. The van der Waals surface area contributed by atoms with Crippen LogP contribution in [0.3, 0.4) is 0 Å². The zero-order valence-corrected chi connectivity index (χ0v) is 17.7. The normalized spacial score (nSPS) is 19.1. The quantitative estimate of drug-likeness (QED) is 0.685. The molecule has 1 aromatic carbocycles. The molecule has 7 nitrogen and oxygen atoms in total. The van der Waals surface area contributed by atoms with Crippen molar-refractivity contribution >= 4 is 17.7 Å². The summed E-state index contributed by atoms with van der Waals surface area (Å²) in [4.78, 5) is 25.1. The largest absolute Gasteiger partial charge is 0.463 e. The van der Waals surface area contributed by atoms with Gasteiger partial charge in [-0.05, 0) is 80.5 Å². The Balaban J connectivity index is 1.43. The van der Waals surface area contributed by atoms with Crippen LogP contribution in [0.5, 0.6) is 0 Å². The lowest BCUT2D eigenvalue weighted by Crippen LogP contribution is -2.37. The summed E-state index contributed by atoms with van der Waals surface area (Å²) in [7, 11) is 0. The number of anilines is 1. The van der Waals surface area contributed by atoms with Crippen LogP contribution in [-0.2, 0) is 49.4 Å². The monoisotopic (exact) mass is 417 g/mol. The SMILES string of the molecule is CCOC(=O)[C@@H](COC1CCOCC1)OC(=O)Nc1c2c(cc3c1CCC3)CCC2. The number of fused-ring (bicyclic) bond motifs is 2. The summed E-state index contributed by atoms with van der Waals surface area (Å²) in [6.45, 7) is 3.21. The van der Waals surface area contributed by atoms with E-state index < -0.39 is 18.2 Å².